The molecule has 1 aromatic carbocycles. The summed E-state index contributed by atoms with van der Waals surface area (Å²) in [5.41, 5.74) is 9.81. The quantitative estimate of drug-likeness (QED) is 0.490. The zero-order valence-electron chi connectivity index (χ0n) is 18.7. The van der Waals surface area contributed by atoms with Gasteiger partial charge in [0.1, 0.15) is 16.8 Å². The van der Waals surface area contributed by atoms with Gasteiger partial charge in [0, 0.05) is 25.2 Å². The molecule has 0 bridgehead atoms. The molecule has 0 saturated heterocycles. The third-order valence-electron chi connectivity index (χ3n) is 4.81. The van der Waals surface area contributed by atoms with Crippen LogP contribution in [0.25, 0.3) is 11.0 Å². The lowest BCUT2D eigenvalue weighted by Crippen LogP contribution is -2.26. The van der Waals surface area contributed by atoms with E-state index in [2.05, 4.69) is 38.3 Å². The number of rotatable bonds is 9. The van der Waals surface area contributed by atoms with Crippen LogP contribution in [0, 0.1) is 0 Å². The molecule has 1 unspecified atom stereocenters. The molecule has 0 aliphatic heterocycles. The number of benzene rings is 1. The van der Waals surface area contributed by atoms with Crippen LogP contribution in [0.5, 0.6) is 5.75 Å². The Morgan fingerprint density at radius 2 is 1.73 bits per heavy atom. The predicted octanol–water partition coefficient (Wildman–Crippen LogP) is 3.91. The van der Waals surface area contributed by atoms with Crippen LogP contribution in [0.15, 0.2) is 24.3 Å². The Labute approximate surface area is 178 Å². The number of ether oxygens (including phenoxy) is 1. The molecule has 4 N–H and O–H groups in total. The molecule has 0 radical (unpaired) electrons. The van der Waals surface area contributed by atoms with Gasteiger partial charge in [0.2, 0.25) is 5.95 Å². The first-order valence-corrected chi connectivity index (χ1v) is 10.5. The molecule has 162 valence electrons. The fraction of sp³-hybridized carbons (Fsp3) is 0.500. The largest absolute Gasteiger partial charge is 0.497 e. The van der Waals surface area contributed by atoms with E-state index in [1.54, 1.807) is 7.11 Å². The SMILES string of the molecule is COc1ccc(CNc2nc(NCC(C)N)nc3c(C(C)C)nn(C(C)C)c23)cc1. The van der Waals surface area contributed by atoms with Crippen molar-refractivity contribution in [3.05, 3.63) is 35.5 Å². The van der Waals surface area contributed by atoms with Crippen LogP contribution in [-0.4, -0.2) is 39.4 Å². The van der Waals surface area contributed by atoms with E-state index in [1.807, 2.05) is 35.9 Å². The van der Waals surface area contributed by atoms with Crippen molar-refractivity contribution in [2.45, 2.75) is 59.2 Å². The third kappa shape index (κ3) is 4.81. The maximum absolute atomic E-state index is 5.91. The average molecular weight is 412 g/mol. The first-order valence-electron chi connectivity index (χ1n) is 10.5. The molecule has 3 rings (SSSR count). The van der Waals surface area contributed by atoms with Crippen molar-refractivity contribution in [1.29, 1.82) is 0 Å². The summed E-state index contributed by atoms with van der Waals surface area (Å²) in [6.07, 6.45) is 0. The van der Waals surface area contributed by atoms with Gasteiger partial charge in [-0.1, -0.05) is 26.0 Å². The molecule has 2 aromatic heterocycles. The van der Waals surface area contributed by atoms with Crippen LogP contribution < -0.4 is 21.1 Å². The topological polar surface area (TPSA) is 103 Å². The molecule has 3 aromatic rings. The van der Waals surface area contributed by atoms with E-state index in [0.717, 1.165) is 33.9 Å². The highest BCUT2D eigenvalue weighted by atomic mass is 16.5. The van der Waals surface area contributed by atoms with Crippen LogP contribution >= 0.6 is 0 Å². The minimum atomic E-state index is 0.00274. The minimum absolute atomic E-state index is 0.00274. The van der Waals surface area contributed by atoms with Gasteiger partial charge >= 0.3 is 0 Å². The van der Waals surface area contributed by atoms with E-state index >= 15 is 0 Å². The van der Waals surface area contributed by atoms with E-state index in [1.165, 1.54) is 0 Å². The van der Waals surface area contributed by atoms with Crippen LogP contribution in [0.2, 0.25) is 0 Å². The van der Waals surface area contributed by atoms with Crippen molar-refractivity contribution in [3.8, 4) is 5.75 Å². The van der Waals surface area contributed by atoms with Crippen molar-refractivity contribution in [2.24, 2.45) is 5.73 Å². The number of nitrogens with one attached hydrogen (secondary N) is 2. The maximum Gasteiger partial charge on any atom is 0.225 e. The number of methoxy groups -OCH3 is 1. The Morgan fingerprint density at radius 1 is 1.03 bits per heavy atom. The number of nitrogens with zero attached hydrogens (tertiary/aromatic N) is 4. The number of aromatic nitrogens is 4. The molecule has 0 aliphatic carbocycles. The zero-order chi connectivity index (χ0) is 21.8. The number of anilines is 2. The van der Waals surface area contributed by atoms with E-state index in [-0.39, 0.29) is 18.0 Å². The van der Waals surface area contributed by atoms with Gasteiger partial charge in [-0.15, -0.1) is 0 Å². The fourth-order valence-corrected chi connectivity index (χ4v) is 3.21. The number of hydrogen-bond donors (Lipinski definition) is 3. The molecule has 2 heterocycles. The van der Waals surface area contributed by atoms with Gasteiger partial charge in [0.25, 0.3) is 0 Å². The molecule has 0 amide bonds. The first-order chi connectivity index (χ1) is 14.3. The summed E-state index contributed by atoms with van der Waals surface area (Å²) >= 11 is 0. The second-order valence-corrected chi connectivity index (χ2v) is 8.23. The maximum atomic E-state index is 5.91. The second-order valence-electron chi connectivity index (χ2n) is 8.23. The molecule has 0 aliphatic rings. The molecular formula is C22H33N7O. The van der Waals surface area contributed by atoms with Crippen LogP contribution in [0.4, 0.5) is 11.8 Å². The molecule has 0 spiro atoms. The van der Waals surface area contributed by atoms with Gasteiger partial charge in [0.05, 0.1) is 12.8 Å². The summed E-state index contributed by atoms with van der Waals surface area (Å²) in [5, 5.41) is 11.6. The molecule has 0 fully saturated rings. The van der Waals surface area contributed by atoms with E-state index in [4.69, 9.17) is 25.5 Å². The molecule has 8 heteroatoms. The van der Waals surface area contributed by atoms with Gasteiger partial charge in [0.15, 0.2) is 5.82 Å². The minimum Gasteiger partial charge on any atom is -0.497 e. The van der Waals surface area contributed by atoms with Crippen LogP contribution in [0.1, 0.15) is 57.8 Å². The van der Waals surface area contributed by atoms with Crippen molar-refractivity contribution >= 4 is 22.8 Å². The van der Waals surface area contributed by atoms with Gasteiger partial charge in [-0.05, 0) is 44.4 Å². The fourth-order valence-electron chi connectivity index (χ4n) is 3.21. The van der Waals surface area contributed by atoms with Gasteiger partial charge < -0.3 is 21.1 Å². The van der Waals surface area contributed by atoms with Crippen LogP contribution in [-0.2, 0) is 6.54 Å². The van der Waals surface area contributed by atoms with Crippen molar-refractivity contribution in [1.82, 2.24) is 19.7 Å². The normalized spacial score (nSPS) is 12.6. The van der Waals surface area contributed by atoms with Crippen molar-refractivity contribution in [3.63, 3.8) is 0 Å². The molecular weight excluding hydrogens is 378 g/mol. The number of fused-ring (bicyclic) bond motifs is 1. The second kappa shape index (κ2) is 9.30. The summed E-state index contributed by atoms with van der Waals surface area (Å²) in [4.78, 5) is 9.56. The smallest absolute Gasteiger partial charge is 0.225 e. The molecule has 30 heavy (non-hydrogen) atoms. The van der Waals surface area contributed by atoms with Gasteiger partial charge in [-0.3, -0.25) is 4.68 Å². The third-order valence-corrected chi connectivity index (χ3v) is 4.81. The molecule has 1 atom stereocenters. The Balaban J connectivity index is 2.03. The average Bonchev–Trinajstić information content (AvgIpc) is 3.11. The Kier molecular flexibility index (Phi) is 6.77. The predicted molar refractivity (Wildman–Crippen MR) is 122 cm³/mol. The number of nitrogens with two attached hydrogens (primary N) is 1. The number of hydrogen-bond acceptors (Lipinski definition) is 7. The lowest BCUT2D eigenvalue weighted by Gasteiger charge is -2.14. The molecule has 8 nitrogen and oxygen atoms in total. The van der Waals surface area contributed by atoms with Crippen molar-refractivity contribution < 1.29 is 4.74 Å². The Bertz CT molecular complexity index is 977. The Hall–Kier alpha value is -2.87. The standard InChI is InChI=1S/C22H33N7O/c1-13(2)18-19-20(29(28-18)14(3)4)21(27-22(26-19)25-11-15(5)23)24-12-16-7-9-17(30-6)10-8-16/h7-10,13-15H,11-12,23H2,1-6H3,(H2,24,25,26,27). The Morgan fingerprint density at radius 3 is 2.30 bits per heavy atom. The summed E-state index contributed by atoms with van der Waals surface area (Å²) in [6.45, 7) is 11.7. The van der Waals surface area contributed by atoms with E-state index < -0.39 is 0 Å². The summed E-state index contributed by atoms with van der Waals surface area (Å²) < 4.78 is 7.26. The van der Waals surface area contributed by atoms with E-state index in [0.29, 0.717) is 19.0 Å². The summed E-state index contributed by atoms with van der Waals surface area (Å²) in [7, 11) is 1.67. The lowest BCUT2D eigenvalue weighted by molar-refractivity contribution is 0.414. The zero-order valence-corrected chi connectivity index (χ0v) is 18.7. The highest BCUT2D eigenvalue weighted by Gasteiger charge is 2.21. The monoisotopic (exact) mass is 411 g/mol. The van der Waals surface area contributed by atoms with Crippen molar-refractivity contribution in [2.75, 3.05) is 24.3 Å². The van der Waals surface area contributed by atoms with Crippen LogP contribution in [0.3, 0.4) is 0 Å². The molecule has 0 saturated carbocycles. The summed E-state index contributed by atoms with van der Waals surface area (Å²) in [6, 6.07) is 8.18. The van der Waals surface area contributed by atoms with Gasteiger partial charge in [-0.25, -0.2) is 4.98 Å². The summed E-state index contributed by atoms with van der Waals surface area (Å²) in [5.74, 6) is 2.40. The highest BCUT2D eigenvalue weighted by Crippen LogP contribution is 2.31. The first kappa shape index (κ1) is 21.8. The van der Waals surface area contributed by atoms with Gasteiger partial charge in [-0.2, -0.15) is 10.1 Å². The lowest BCUT2D eigenvalue weighted by atomic mass is 10.1. The van der Waals surface area contributed by atoms with E-state index in [9.17, 15) is 0 Å². The highest BCUT2D eigenvalue weighted by molar-refractivity contribution is 5.89.